The zero-order chi connectivity index (χ0) is 27.9. The van der Waals surface area contributed by atoms with E-state index in [2.05, 4.69) is 20.3 Å². The number of benzene rings is 2. The molecule has 0 saturated carbocycles. The molecule has 4 aromatic rings. The number of aromatic carboxylic acids is 1. The van der Waals surface area contributed by atoms with Crippen molar-refractivity contribution in [1.29, 1.82) is 0 Å². The van der Waals surface area contributed by atoms with Crippen LogP contribution in [0.5, 0.6) is 0 Å². The molecule has 12 heteroatoms. The number of carbonyl (C=O) groups is 1. The van der Waals surface area contributed by atoms with Crippen molar-refractivity contribution in [3.63, 3.8) is 0 Å². The summed E-state index contributed by atoms with van der Waals surface area (Å²) in [6, 6.07) is 14.3. The van der Waals surface area contributed by atoms with Crippen LogP contribution in [0.25, 0.3) is 22.6 Å². The lowest BCUT2D eigenvalue weighted by molar-refractivity contribution is -0.143. The maximum absolute atomic E-state index is 12.4. The quantitative estimate of drug-likeness (QED) is 0.290. The summed E-state index contributed by atoms with van der Waals surface area (Å²) < 4.78 is 74.3. The van der Waals surface area contributed by atoms with E-state index in [1.165, 1.54) is 13.2 Å². The van der Waals surface area contributed by atoms with Crippen molar-refractivity contribution in [2.45, 2.75) is 18.9 Å². The van der Waals surface area contributed by atoms with Crippen molar-refractivity contribution < 1.29 is 36.2 Å². The van der Waals surface area contributed by atoms with E-state index >= 15 is 0 Å². The standard InChI is InChI=1S/C16H11N3O2.C10H9F6N/c20-16(21)13-10-18-15(12-6-8-17-9-7-12)19-14(13)11-4-2-1-3-5-11;1-17-5-6-2-7(9(11,12)13)4-8(3-6)10(14,15)16/h1-10H,(H,20,21);2-4,17H,5H2,1H3. The summed E-state index contributed by atoms with van der Waals surface area (Å²) >= 11 is 0. The Kier molecular flexibility index (Phi) is 8.79. The summed E-state index contributed by atoms with van der Waals surface area (Å²) in [5.74, 6) is -0.573. The van der Waals surface area contributed by atoms with Crippen LogP contribution >= 0.6 is 0 Å². The van der Waals surface area contributed by atoms with Crippen LogP contribution in [0.2, 0.25) is 0 Å². The van der Waals surface area contributed by atoms with Crippen LogP contribution in [-0.2, 0) is 18.9 Å². The van der Waals surface area contributed by atoms with Crippen molar-refractivity contribution >= 4 is 5.97 Å². The lowest BCUT2D eigenvalue weighted by Crippen LogP contribution is -2.14. The molecule has 0 amide bonds. The number of halogens is 6. The van der Waals surface area contributed by atoms with Gasteiger partial charge in [-0.25, -0.2) is 14.8 Å². The Morgan fingerprint density at radius 3 is 1.95 bits per heavy atom. The number of rotatable bonds is 5. The van der Waals surface area contributed by atoms with Gasteiger partial charge in [-0.1, -0.05) is 30.3 Å². The average molecular weight is 534 g/mol. The van der Waals surface area contributed by atoms with E-state index in [9.17, 15) is 36.2 Å². The number of nitrogens with one attached hydrogen (secondary N) is 1. The highest BCUT2D eigenvalue weighted by Crippen LogP contribution is 2.36. The first-order valence-corrected chi connectivity index (χ1v) is 10.9. The summed E-state index contributed by atoms with van der Waals surface area (Å²) in [5.41, 5.74) is -0.625. The Balaban J connectivity index is 0.000000216. The molecule has 0 atom stereocenters. The van der Waals surface area contributed by atoms with Crippen LogP contribution in [0.15, 0.2) is 79.3 Å². The third-order valence-corrected chi connectivity index (χ3v) is 5.03. The number of hydrogen-bond acceptors (Lipinski definition) is 5. The first kappa shape index (κ1) is 28.3. The zero-order valence-electron chi connectivity index (χ0n) is 19.7. The Morgan fingerprint density at radius 2 is 1.45 bits per heavy atom. The smallest absolute Gasteiger partial charge is 0.416 e. The van der Waals surface area contributed by atoms with Gasteiger partial charge in [-0.15, -0.1) is 0 Å². The second-order valence-corrected chi connectivity index (χ2v) is 7.81. The summed E-state index contributed by atoms with van der Waals surface area (Å²) in [6.07, 6.45) is -4.95. The topological polar surface area (TPSA) is 88.0 Å². The van der Waals surface area contributed by atoms with Gasteiger partial charge in [0.25, 0.3) is 0 Å². The van der Waals surface area contributed by atoms with Gasteiger partial charge in [-0.2, -0.15) is 26.3 Å². The van der Waals surface area contributed by atoms with Crippen molar-refractivity contribution in [1.82, 2.24) is 20.3 Å². The molecule has 2 aromatic carbocycles. The molecular formula is C26H20F6N4O2. The third kappa shape index (κ3) is 7.35. The van der Waals surface area contributed by atoms with Gasteiger partial charge < -0.3 is 10.4 Å². The van der Waals surface area contributed by atoms with E-state index in [0.29, 0.717) is 23.7 Å². The molecule has 198 valence electrons. The number of pyridine rings is 1. The summed E-state index contributed by atoms with van der Waals surface area (Å²) in [5, 5.41) is 11.8. The molecule has 2 N–H and O–H groups in total. The highest BCUT2D eigenvalue weighted by Gasteiger charge is 2.36. The summed E-state index contributed by atoms with van der Waals surface area (Å²) in [6.45, 7) is -0.0625. The van der Waals surface area contributed by atoms with Gasteiger partial charge in [0.1, 0.15) is 5.56 Å². The predicted octanol–water partition coefficient (Wildman–Crippen LogP) is 6.35. The van der Waals surface area contributed by atoms with E-state index < -0.39 is 29.4 Å². The molecule has 0 aliphatic carbocycles. The predicted molar refractivity (Wildman–Crippen MR) is 127 cm³/mol. The monoisotopic (exact) mass is 534 g/mol. The van der Waals surface area contributed by atoms with Gasteiger partial charge >= 0.3 is 18.3 Å². The lowest BCUT2D eigenvalue weighted by atomic mass is 10.0. The van der Waals surface area contributed by atoms with Crippen molar-refractivity contribution in [3.8, 4) is 22.6 Å². The normalized spacial score (nSPS) is 11.4. The van der Waals surface area contributed by atoms with Gasteiger partial charge in [-0.05, 0) is 42.9 Å². The molecule has 0 bridgehead atoms. The molecule has 0 aliphatic rings. The van der Waals surface area contributed by atoms with Crippen LogP contribution in [0.4, 0.5) is 26.3 Å². The first-order valence-electron chi connectivity index (χ1n) is 10.9. The minimum atomic E-state index is -4.79. The third-order valence-electron chi connectivity index (χ3n) is 5.03. The minimum absolute atomic E-state index is 0.0605. The SMILES string of the molecule is CNCc1cc(C(F)(F)F)cc(C(F)(F)F)c1.O=C(O)c1cnc(-c2ccncc2)nc1-c1ccccc1. The number of alkyl halides is 6. The van der Waals surface area contributed by atoms with Crippen molar-refractivity contribution in [2.24, 2.45) is 0 Å². The molecule has 2 aromatic heterocycles. The van der Waals surface area contributed by atoms with Crippen LogP contribution in [0, 0.1) is 0 Å². The van der Waals surface area contributed by atoms with E-state index in [-0.39, 0.29) is 23.7 Å². The van der Waals surface area contributed by atoms with Gasteiger partial charge in [0, 0.05) is 36.3 Å². The molecule has 4 rings (SSSR count). The molecule has 6 nitrogen and oxygen atoms in total. The van der Waals surface area contributed by atoms with Gasteiger partial charge in [0.15, 0.2) is 5.82 Å². The van der Waals surface area contributed by atoms with Gasteiger partial charge in [0.05, 0.1) is 16.8 Å². The van der Waals surface area contributed by atoms with Crippen molar-refractivity contribution in [2.75, 3.05) is 7.05 Å². The number of aromatic nitrogens is 3. The van der Waals surface area contributed by atoms with Crippen LogP contribution < -0.4 is 5.32 Å². The molecule has 0 radical (unpaired) electrons. The molecule has 38 heavy (non-hydrogen) atoms. The zero-order valence-corrected chi connectivity index (χ0v) is 19.7. The maximum Gasteiger partial charge on any atom is 0.416 e. The van der Waals surface area contributed by atoms with E-state index in [1.54, 1.807) is 24.5 Å². The summed E-state index contributed by atoms with van der Waals surface area (Å²) in [7, 11) is 1.44. The maximum atomic E-state index is 12.4. The van der Waals surface area contributed by atoms with Crippen LogP contribution in [0.1, 0.15) is 27.0 Å². The fourth-order valence-electron chi connectivity index (χ4n) is 3.32. The Bertz CT molecular complexity index is 1350. The lowest BCUT2D eigenvalue weighted by Gasteiger charge is -2.13. The molecule has 0 spiro atoms. The molecule has 0 fully saturated rings. The second-order valence-electron chi connectivity index (χ2n) is 7.81. The number of carboxylic acids is 1. The molecule has 0 saturated heterocycles. The largest absolute Gasteiger partial charge is 0.478 e. The van der Waals surface area contributed by atoms with Crippen LogP contribution in [-0.4, -0.2) is 33.1 Å². The molecule has 0 unspecified atom stereocenters. The van der Waals surface area contributed by atoms with Gasteiger partial charge in [0.2, 0.25) is 0 Å². The Labute approximate surface area is 213 Å². The van der Waals surface area contributed by atoms with Gasteiger partial charge in [-0.3, -0.25) is 4.98 Å². The fraction of sp³-hybridized carbons (Fsp3) is 0.154. The average Bonchev–Trinajstić information content (AvgIpc) is 2.89. The number of nitrogens with zero attached hydrogens (tertiary/aromatic N) is 3. The summed E-state index contributed by atoms with van der Waals surface area (Å²) in [4.78, 5) is 23.9. The van der Waals surface area contributed by atoms with Crippen molar-refractivity contribution in [3.05, 3.63) is 102 Å². The highest BCUT2D eigenvalue weighted by atomic mass is 19.4. The molecule has 0 aliphatic heterocycles. The number of hydrogen-bond donors (Lipinski definition) is 2. The molecule has 2 heterocycles. The molecular weight excluding hydrogens is 514 g/mol. The Hall–Kier alpha value is -4.32. The first-order chi connectivity index (χ1) is 17.9. The van der Waals surface area contributed by atoms with E-state index in [0.717, 1.165) is 11.1 Å². The van der Waals surface area contributed by atoms with Crippen LogP contribution in [0.3, 0.4) is 0 Å². The van der Waals surface area contributed by atoms with E-state index in [4.69, 9.17) is 0 Å². The number of carboxylic acid groups (broad SMARTS) is 1. The highest BCUT2D eigenvalue weighted by molar-refractivity contribution is 5.94. The fourth-order valence-corrected chi connectivity index (χ4v) is 3.32. The minimum Gasteiger partial charge on any atom is -0.478 e. The van der Waals surface area contributed by atoms with E-state index in [1.807, 2.05) is 30.3 Å². The Morgan fingerprint density at radius 1 is 0.868 bits per heavy atom. The second kappa shape index (κ2) is 11.8.